The van der Waals surface area contributed by atoms with Gasteiger partial charge in [0.05, 0.1) is 5.56 Å². The molecule has 7 heteroatoms. The normalized spacial score (nSPS) is 15.3. The van der Waals surface area contributed by atoms with E-state index in [1.807, 2.05) is 4.90 Å². The SMILES string of the molecule is O=C(NCC1CCN(C(=O)c2cccnc2)CC1)c1ccc(Br)o1. The van der Waals surface area contributed by atoms with Crippen molar-refractivity contribution in [1.29, 1.82) is 0 Å². The molecule has 1 N–H and O–H groups in total. The molecule has 0 radical (unpaired) electrons. The highest BCUT2D eigenvalue weighted by Crippen LogP contribution is 2.19. The Hall–Kier alpha value is -2.15. The van der Waals surface area contributed by atoms with Gasteiger partial charge in [0.15, 0.2) is 10.4 Å². The van der Waals surface area contributed by atoms with Gasteiger partial charge in [-0.05, 0) is 59.0 Å². The molecule has 2 amide bonds. The fraction of sp³-hybridized carbons (Fsp3) is 0.353. The molecule has 0 spiro atoms. The van der Waals surface area contributed by atoms with Crippen molar-refractivity contribution in [3.05, 3.63) is 52.7 Å². The van der Waals surface area contributed by atoms with Gasteiger partial charge in [-0.1, -0.05) is 0 Å². The van der Waals surface area contributed by atoms with Gasteiger partial charge < -0.3 is 14.6 Å². The number of nitrogens with one attached hydrogen (secondary N) is 1. The van der Waals surface area contributed by atoms with Crippen LogP contribution in [0.15, 0.2) is 45.7 Å². The molecule has 2 aromatic heterocycles. The quantitative estimate of drug-likeness (QED) is 0.868. The molecule has 0 unspecified atom stereocenters. The Balaban J connectivity index is 1.45. The molecule has 1 saturated heterocycles. The lowest BCUT2D eigenvalue weighted by Gasteiger charge is -2.32. The lowest BCUT2D eigenvalue weighted by molar-refractivity contribution is 0.0683. The number of furan rings is 1. The van der Waals surface area contributed by atoms with E-state index in [9.17, 15) is 9.59 Å². The van der Waals surface area contributed by atoms with Gasteiger partial charge >= 0.3 is 0 Å². The molecule has 0 saturated carbocycles. The van der Waals surface area contributed by atoms with Crippen LogP contribution in [0.2, 0.25) is 0 Å². The van der Waals surface area contributed by atoms with Crippen LogP contribution in [0.4, 0.5) is 0 Å². The predicted molar refractivity (Wildman–Crippen MR) is 91.6 cm³/mol. The molecule has 0 atom stereocenters. The van der Waals surface area contributed by atoms with Crippen LogP contribution in [-0.2, 0) is 0 Å². The highest BCUT2D eigenvalue weighted by Gasteiger charge is 2.24. The number of likely N-dealkylation sites (tertiary alicyclic amines) is 1. The number of amides is 2. The molecule has 0 aliphatic carbocycles. The number of carbonyl (C=O) groups is 2. The van der Waals surface area contributed by atoms with E-state index in [1.54, 1.807) is 36.7 Å². The van der Waals surface area contributed by atoms with Crippen molar-refractivity contribution >= 4 is 27.7 Å². The minimum atomic E-state index is -0.213. The van der Waals surface area contributed by atoms with Gasteiger partial charge in [-0.25, -0.2) is 0 Å². The number of carbonyl (C=O) groups excluding carboxylic acids is 2. The van der Waals surface area contributed by atoms with Gasteiger partial charge in [-0.15, -0.1) is 0 Å². The maximum absolute atomic E-state index is 12.4. The van der Waals surface area contributed by atoms with Crippen molar-refractivity contribution in [3.8, 4) is 0 Å². The summed E-state index contributed by atoms with van der Waals surface area (Å²) in [6, 6.07) is 6.87. The van der Waals surface area contributed by atoms with Gasteiger partial charge in [0, 0.05) is 32.0 Å². The second-order valence-corrected chi connectivity index (χ2v) is 6.57. The first-order valence-electron chi connectivity index (χ1n) is 7.86. The highest BCUT2D eigenvalue weighted by molar-refractivity contribution is 9.10. The van der Waals surface area contributed by atoms with Crippen LogP contribution in [0.1, 0.15) is 33.8 Å². The van der Waals surface area contributed by atoms with E-state index >= 15 is 0 Å². The van der Waals surface area contributed by atoms with Crippen molar-refractivity contribution < 1.29 is 14.0 Å². The van der Waals surface area contributed by atoms with Gasteiger partial charge in [0.1, 0.15) is 0 Å². The molecular formula is C17H18BrN3O3. The van der Waals surface area contributed by atoms with Crippen molar-refractivity contribution in [2.45, 2.75) is 12.8 Å². The monoisotopic (exact) mass is 391 g/mol. The summed E-state index contributed by atoms with van der Waals surface area (Å²) < 4.78 is 5.77. The van der Waals surface area contributed by atoms with Crippen molar-refractivity contribution in [2.24, 2.45) is 5.92 Å². The maximum atomic E-state index is 12.4. The second-order valence-electron chi connectivity index (χ2n) is 5.79. The van der Waals surface area contributed by atoms with Crippen LogP contribution in [0.5, 0.6) is 0 Å². The van der Waals surface area contributed by atoms with Gasteiger partial charge in [0.25, 0.3) is 11.8 Å². The number of pyridine rings is 1. The highest BCUT2D eigenvalue weighted by atomic mass is 79.9. The Bertz CT molecular complexity index is 709. The zero-order chi connectivity index (χ0) is 16.9. The van der Waals surface area contributed by atoms with Crippen LogP contribution >= 0.6 is 15.9 Å². The molecule has 1 aliphatic heterocycles. The van der Waals surface area contributed by atoms with E-state index < -0.39 is 0 Å². The van der Waals surface area contributed by atoms with E-state index in [0.29, 0.717) is 41.5 Å². The van der Waals surface area contributed by atoms with Crippen LogP contribution in [-0.4, -0.2) is 41.3 Å². The van der Waals surface area contributed by atoms with Crippen LogP contribution < -0.4 is 5.32 Å². The lowest BCUT2D eigenvalue weighted by Crippen LogP contribution is -2.41. The summed E-state index contributed by atoms with van der Waals surface area (Å²) in [5, 5.41) is 2.89. The predicted octanol–water partition coefficient (Wildman–Crippen LogP) is 2.72. The van der Waals surface area contributed by atoms with Crippen molar-refractivity contribution in [1.82, 2.24) is 15.2 Å². The molecule has 2 aromatic rings. The topological polar surface area (TPSA) is 75.4 Å². The van der Waals surface area contributed by atoms with Gasteiger partial charge in [-0.3, -0.25) is 14.6 Å². The first-order valence-corrected chi connectivity index (χ1v) is 8.65. The third-order valence-corrected chi connectivity index (χ3v) is 4.58. The summed E-state index contributed by atoms with van der Waals surface area (Å²) in [5.74, 6) is 0.469. The number of hydrogen-bond acceptors (Lipinski definition) is 4. The van der Waals surface area contributed by atoms with E-state index in [1.165, 1.54) is 0 Å². The van der Waals surface area contributed by atoms with Gasteiger partial charge in [-0.2, -0.15) is 0 Å². The molecule has 3 rings (SSSR count). The largest absolute Gasteiger partial charge is 0.444 e. The smallest absolute Gasteiger partial charge is 0.287 e. The molecule has 0 aromatic carbocycles. The Labute approximate surface area is 148 Å². The summed E-state index contributed by atoms with van der Waals surface area (Å²) in [6.07, 6.45) is 4.99. The molecule has 6 nitrogen and oxygen atoms in total. The molecule has 3 heterocycles. The van der Waals surface area contributed by atoms with Gasteiger partial charge in [0.2, 0.25) is 0 Å². The number of piperidine rings is 1. The summed E-state index contributed by atoms with van der Waals surface area (Å²) >= 11 is 3.18. The minimum Gasteiger partial charge on any atom is -0.444 e. The first kappa shape index (κ1) is 16.7. The van der Waals surface area contributed by atoms with E-state index in [4.69, 9.17) is 4.42 Å². The fourth-order valence-corrected chi connectivity index (χ4v) is 3.08. The van der Waals surface area contributed by atoms with E-state index in [2.05, 4.69) is 26.2 Å². The minimum absolute atomic E-state index is 0.0195. The Morgan fingerprint density at radius 2 is 2.08 bits per heavy atom. The van der Waals surface area contributed by atoms with Crippen LogP contribution in [0.25, 0.3) is 0 Å². The lowest BCUT2D eigenvalue weighted by atomic mass is 9.96. The van der Waals surface area contributed by atoms with Crippen LogP contribution in [0, 0.1) is 5.92 Å². The second kappa shape index (κ2) is 7.61. The first-order chi connectivity index (χ1) is 11.6. The summed E-state index contributed by atoms with van der Waals surface area (Å²) in [7, 11) is 0. The summed E-state index contributed by atoms with van der Waals surface area (Å²) in [5.41, 5.74) is 0.618. The Kier molecular flexibility index (Phi) is 5.30. The average molecular weight is 392 g/mol. The Morgan fingerprint density at radius 3 is 2.71 bits per heavy atom. The van der Waals surface area contributed by atoms with Crippen LogP contribution in [0.3, 0.4) is 0 Å². The number of rotatable bonds is 4. The standard InChI is InChI=1S/C17H18BrN3O3/c18-15-4-3-14(24-15)16(22)20-10-12-5-8-21(9-6-12)17(23)13-2-1-7-19-11-13/h1-4,7,11-12H,5-6,8-10H2,(H,20,22). The van der Waals surface area contributed by atoms with Crippen molar-refractivity contribution in [3.63, 3.8) is 0 Å². The van der Waals surface area contributed by atoms with E-state index in [0.717, 1.165) is 12.8 Å². The van der Waals surface area contributed by atoms with E-state index in [-0.39, 0.29) is 11.8 Å². The number of hydrogen-bond donors (Lipinski definition) is 1. The third kappa shape index (κ3) is 4.03. The molecule has 0 bridgehead atoms. The number of aromatic nitrogens is 1. The molecule has 1 fully saturated rings. The molecule has 1 aliphatic rings. The zero-order valence-corrected chi connectivity index (χ0v) is 14.7. The third-order valence-electron chi connectivity index (χ3n) is 4.16. The molecular weight excluding hydrogens is 374 g/mol. The molecule has 126 valence electrons. The fourth-order valence-electron chi connectivity index (χ4n) is 2.77. The average Bonchev–Trinajstić information content (AvgIpc) is 3.07. The zero-order valence-electron chi connectivity index (χ0n) is 13.1. The van der Waals surface area contributed by atoms with Crippen molar-refractivity contribution in [2.75, 3.05) is 19.6 Å². The summed E-state index contributed by atoms with van der Waals surface area (Å²) in [6.45, 7) is 1.98. The summed E-state index contributed by atoms with van der Waals surface area (Å²) in [4.78, 5) is 30.2. The number of nitrogens with zero attached hydrogens (tertiary/aromatic N) is 2. The molecule has 24 heavy (non-hydrogen) atoms. The number of halogens is 1. The Morgan fingerprint density at radius 1 is 1.29 bits per heavy atom. The maximum Gasteiger partial charge on any atom is 0.287 e.